The number of carbonyl (C=O) groups is 3. The van der Waals surface area contributed by atoms with Crippen LogP contribution in [0.2, 0.25) is 0 Å². The molecule has 0 rings (SSSR count). The normalized spacial score (nSPS) is 9.85. The standard InChI is InChI=1S/C11H20N2O5.C2H6/c1-11(2,3)18-10(16)13-7-5-4-6-8(14)17-9(12)15;1-2/h4-7H2,1-3H3,(H2,12,15)(H,13,16);1-2H3. The van der Waals surface area contributed by atoms with Crippen molar-refractivity contribution in [3.63, 3.8) is 0 Å². The number of hydrogen-bond acceptors (Lipinski definition) is 5. The molecular weight excluding hydrogens is 264 g/mol. The highest BCUT2D eigenvalue weighted by Crippen LogP contribution is 2.06. The van der Waals surface area contributed by atoms with E-state index >= 15 is 0 Å². The summed E-state index contributed by atoms with van der Waals surface area (Å²) in [6.45, 7) is 9.70. The maximum absolute atomic E-state index is 11.2. The van der Waals surface area contributed by atoms with E-state index in [1.807, 2.05) is 13.8 Å². The molecule has 0 aliphatic heterocycles. The quantitative estimate of drug-likeness (QED) is 0.459. The number of nitrogens with one attached hydrogen (secondary N) is 1. The zero-order chi connectivity index (χ0) is 16.2. The van der Waals surface area contributed by atoms with E-state index in [4.69, 9.17) is 4.74 Å². The highest BCUT2D eigenvalue weighted by Gasteiger charge is 2.15. The number of nitrogens with two attached hydrogens (primary N) is 1. The lowest BCUT2D eigenvalue weighted by molar-refractivity contribution is -0.137. The Labute approximate surface area is 120 Å². The van der Waals surface area contributed by atoms with Crippen molar-refractivity contribution in [1.82, 2.24) is 5.32 Å². The van der Waals surface area contributed by atoms with Crippen molar-refractivity contribution < 1.29 is 23.9 Å². The molecule has 0 atom stereocenters. The Bertz CT molecular complexity index is 310. The number of amides is 2. The van der Waals surface area contributed by atoms with Crippen LogP contribution in [0.15, 0.2) is 0 Å². The van der Waals surface area contributed by atoms with E-state index < -0.39 is 23.8 Å². The molecule has 3 N–H and O–H groups in total. The molecule has 0 unspecified atom stereocenters. The Hall–Kier alpha value is -1.79. The van der Waals surface area contributed by atoms with Gasteiger partial charge in [-0.25, -0.2) is 9.59 Å². The summed E-state index contributed by atoms with van der Waals surface area (Å²) in [6.07, 6.45) is -0.456. The summed E-state index contributed by atoms with van der Waals surface area (Å²) in [6, 6.07) is 0. The third kappa shape index (κ3) is 16.2. The summed E-state index contributed by atoms with van der Waals surface area (Å²) in [7, 11) is 0. The number of alkyl carbamates (subject to hydrolysis) is 1. The van der Waals surface area contributed by atoms with Crippen molar-refractivity contribution in [2.45, 2.75) is 59.5 Å². The predicted molar refractivity (Wildman–Crippen MR) is 75.1 cm³/mol. The fourth-order valence-electron chi connectivity index (χ4n) is 1.06. The number of rotatable bonds is 5. The number of primary amides is 1. The molecule has 0 spiro atoms. The molecule has 0 bridgehead atoms. The fourth-order valence-corrected chi connectivity index (χ4v) is 1.06. The second-order valence-electron chi connectivity index (χ2n) is 4.68. The van der Waals surface area contributed by atoms with Crippen molar-refractivity contribution in [1.29, 1.82) is 0 Å². The van der Waals surface area contributed by atoms with Gasteiger partial charge in [-0.05, 0) is 33.6 Å². The first kappa shape index (κ1) is 20.5. The maximum atomic E-state index is 11.2. The summed E-state index contributed by atoms with van der Waals surface area (Å²) >= 11 is 0. The van der Waals surface area contributed by atoms with Crippen LogP contribution in [0.3, 0.4) is 0 Å². The zero-order valence-electron chi connectivity index (χ0n) is 12.9. The highest BCUT2D eigenvalue weighted by molar-refractivity contribution is 5.83. The van der Waals surface area contributed by atoms with E-state index in [0.717, 1.165) is 0 Å². The van der Waals surface area contributed by atoms with Crippen molar-refractivity contribution in [2.24, 2.45) is 5.73 Å². The average molecular weight is 290 g/mol. The van der Waals surface area contributed by atoms with Gasteiger partial charge >= 0.3 is 18.2 Å². The van der Waals surface area contributed by atoms with Crippen LogP contribution in [-0.4, -0.2) is 30.3 Å². The zero-order valence-corrected chi connectivity index (χ0v) is 12.9. The Morgan fingerprint density at radius 2 is 1.65 bits per heavy atom. The van der Waals surface area contributed by atoms with Crippen LogP contribution < -0.4 is 11.1 Å². The van der Waals surface area contributed by atoms with Crippen LogP contribution >= 0.6 is 0 Å². The first-order valence-corrected chi connectivity index (χ1v) is 6.67. The molecule has 0 aromatic rings. The van der Waals surface area contributed by atoms with Crippen LogP contribution in [0.1, 0.15) is 53.9 Å². The van der Waals surface area contributed by atoms with Gasteiger partial charge in [0.1, 0.15) is 5.60 Å². The van der Waals surface area contributed by atoms with Crippen molar-refractivity contribution in [3.8, 4) is 0 Å². The lowest BCUT2D eigenvalue weighted by Crippen LogP contribution is -2.33. The Balaban J connectivity index is 0. The third-order valence-electron chi connectivity index (χ3n) is 1.69. The maximum Gasteiger partial charge on any atom is 0.412 e. The van der Waals surface area contributed by atoms with Gasteiger partial charge in [0.05, 0.1) is 0 Å². The molecule has 20 heavy (non-hydrogen) atoms. The molecule has 0 aromatic carbocycles. The van der Waals surface area contributed by atoms with Gasteiger partial charge in [-0.3, -0.25) is 4.79 Å². The lowest BCUT2D eigenvalue weighted by atomic mass is 10.2. The highest BCUT2D eigenvalue weighted by atomic mass is 16.6. The SMILES string of the molecule is CC.CC(C)(C)OC(=O)NCCCCC(=O)OC(N)=O. The minimum Gasteiger partial charge on any atom is -0.444 e. The van der Waals surface area contributed by atoms with Crippen LogP contribution in [-0.2, 0) is 14.3 Å². The van der Waals surface area contributed by atoms with Crippen LogP contribution in [0.5, 0.6) is 0 Å². The molecule has 2 amide bonds. The summed E-state index contributed by atoms with van der Waals surface area (Å²) < 4.78 is 9.15. The van der Waals surface area contributed by atoms with E-state index in [1.54, 1.807) is 20.8 Å². The summed E-state index contributed by atoms with van der Waals surface area (Å²) in [4.78, 5) is 32.3. The molecule has 7 nitrogen and oxygen atoms in total. The molecule has 0 radical (unpaired) electrons. The second-order valence-corrected chi connectivity index (χ2v) is 4.68. The predicted octanol–water partition coefficient (Wildman–Crippen LogP) is 2.33. The average Bonchev–Trinajstić information content (AvgIpc) is 2.27. The number of esters is 1. The second kappa shape index (κ2) is 11.1. The molecule has 7 heteroatoms. The molecule has 0 fully saturated rings. The molecule has 0 saturated carbocycles. The molecule has 0 saturated heterocycles. The lowest BCUT2D eigenvalue weighted by Gasteiger charge is -2.19. The molecule has 0 aliphatic rings. The number of unbranched alkanes of at least 4 members (excludes halogenated alkanes) is 1. The van der Waals surface area contributed by atoms with Crippen molar-refractivity contribution >= 4 is 18.2 Å². The largest absolute Gasteiger partial charge is 0.444 e. The van der Waals surface area contributed by atoms with E-state index in [2.05, 4.69) is 15.8 Å². The Morgan fingerprint density at radius 3 is 2.10 bits per heavy atom. The van der Waals surface area contributed by atoms with Crippen LogP contribution in [0.25, 0.3) is 0 Å². The monoisotopic (exact) mass is 290 g/mol. The van der Waals surface area contributed by atoms with Crippen molar-refractivity contribution in [3.05, 3.63) is 0 Å². The van der Waals surface area contributed by atoms with E-state index in [9.17, 15) is 14.4 Å². The van der Waals surface area contributed by atoms with Crippen LogP contribution in [0, 0.1) is 0 Å². The molecular formula is C13H26N2O5. The first-order chi connectivity index (χ1) is 9.20. The third-order valence-corrected chi connectivity index (χ3v) is 1.69. The van der Waals surface area contributed by atoms with E-state index in [1.165, 1.54) is 0 Å². The minimum absolute atomic E-state index is 0.0823. The van der Waals surface area contributed by atoms with Gasteiger partial charge in [0, 0.05) is 13.0 Å². The number of ether oxygens (including phenoxy) is 2. The van der Waals surface area contributed by atoms with E-state index in [0.29, 0.717) is 19.4 Å². The van der Waals surface area contributed by atoms with Gasteiger partial charge in [0.15, 0.2) is 0 Å². The summed E-state index contributed by atoms with van der Waals surface area (Å²) in [5.74, 6) is -0.667. The van der Waals surface area contributed by atoms with Crippen molar-refractivity contribution in [2.75, 3.05) is 6.54 Å². The Kier molecular flexibility index (Phi) is 11.4. The number of carbonyl (C=O) groups excluding carboxylic acids is 3. The van der Waals surface area contributed by atoms with Gasteiger partial charge in [0.25, 0.3) is 0 Å². The van der Waals surface area contributed by atoms with Gasteiger partial charge in [0.2, 0.25) is 0 Å². The summed E-state index contributed by atoms with van der Waals surface area (Å²) in [5.41, 5.74) is 4.13. The molecule has 0 aliphatic carbocycles. The van der Waals surface area contributed by atoms with Crippen LogP contribution in [0.4, 0.5) is 9.59 Å². The number of hydrogen-bond donors (Lipinski definition) is 2. The van der Waals surface area contributed by atoms with Gasteiger partial charge in [-0.1, -0.05) is 13.8 Å². The van der Waals surface area contributed by atoms with Gasteiger partial charge in [-0.15, -0.1) is 0 Å². The molecule has 0 aromatic heterocycles. The molecule has 0 heterocycles. The first-order valence-electron chi connectivity index (χ1n) is 6.67. The minimum atomic E-state index is -1.10. The fraction of sp³-hybridized carbons (Fsp3) is 0.769. The van der Waals surface area contributed by atoms with E-state index in [-0.39, 0.29) is 6.42 Å². The topological polar surface area (TPSA) is 108 Å². The summed E-state index contributed by atoms with van der Waals surface area (Å²) in [5, 5.41) is 2.55. The Morgan fingerprint density at radius 1 is 1.10 bits per heavy atom. The molecule has 118 valence electrons. The smallest absolute Gasteiger partial charge is 0.412 e. The van der Waals surface area contributed by atoms with Gasteiger partial charge in [-0.2, -0.15) is 0 Å². The van der Waals surface area contributed by atoms with Gasteiger partial charge < -0.3 is 20.5 Å².